The van der Waals surface area contributed by atoms with Crippen LogP contribution in [-0.2, 0) is 9.59 Å². The maximum absolute atomic E-state index is 13.0. The lowest BCUT2D eigenvalue weighted by atomic mass is 9.90. The molecule has 1 saturated heterocycles. The molecular weight excluding hydrogens is 358 g/mol. The van der Waals surface area contributed by atoms with Gasteiger partial charge in [-0.15, -0.1) is 0 Å². The number of ether oxygens (including phenoxy) is 1. The topological polar surface area (TPSA) is 110 Å². The highest BCUT2D eigenvalue weighted by Gasteiger charge is 2.34. The van der Waals surface area contributed by atoms with Crippen molar-refractivity contribution in [2.75, 3.05) is 24.7 Å². The van der Waals surface area contributed by atoms with E-state index >= 15 is 0 Å². The summed E-state index contributed by atoms with van der Waals surface area (Å²) < 4.78 is 5.20. The van der Waals surface area contributed by atoms with Gasteiger partial charge in [0.2, 0.25) is 5.88 Å². The highest BCUT2D eigenvalue weighted by Crippen LogP contribution is 2.34. The molecule has 2 atom stereocenters. The van der Waals surface area contributed by atoms with Crippen molar-refractivity contribution >= 4 is 23.3 Å². The summed E-state index contributed by atoms with van der Waals surface area (Å²) in [6.07, 6.45) is 4.84. The second-order valence-corrected chi connectivity index (χ2v) is 7.17. The van der Waals surface area contributed by atoms with Crippen LogP contribution in [0.1, 0.15) is 36.9 Å². The van der Waals surface area contributed by atoms with E-state index in [9.17, 15) is 9.59 Å². The van der Waals surface area contributed by atoms with Gasteiger partial charge in [-0.3, -0.25) is 9.59 Å². The number of amides is 2. The number of aryl methyl sites for hydroxylation is 1. The van der Waals surface area contributed by atoms with Crippen molar-refractivity contribution in [3.05, 3.63) is 41.7 Å². The van der Waals surface area contributed by atoms with Gasteiger partial charge in [0, 0.05) is 18.8 Å². The van der Waals surface area contributed by atoms with Gasteiger partial charge in [-0.1, -0.05) is 6.92 Å². The fraction of sp³-hybridized carbons (Fsp3) is 0.400. The molecule has 0 aliphatic carbocycles. The van der Waals surface area contributed by atoms with Gasteiger partial charge < -0.3 is 20.7 Å². The van der Waals surface area contributed by atoms with Crippen LogP contribution in [0.15, 0.2) is 30.6 Å². The van der Waals surface area contributed by atoms with Gasteiger partial charge in [0.15, 0.2) is 0 Å². The molecule has 3 rings (SSSR count). The number of anilines is 2. The molecule has 8 nitrogen and oxygen atoms in total. The molecule has 1 aliphatic heterocycles. The number of nitrogen functional groups attached to an aromatic ring is 1. The zero-order valence-corrected chi connectivity index (χ0v) is 16.3. The Hall–Kier alpha value is -3.16. The fourth-order valence-electron chi connectivity index (χ4n) is 3.44. The third-order valence-corrected chi connectivity index (χ3v) is 5.00. The molecule has 1 aliphatic rings. The number of aromatic nitrogens is 2. The number of nitrogens with zero attached hydrogens (tertiary/aromatic N) is 3. The van der Waals surface area contributed by atoms with Crippen LogP contribution >= 0.6 is 0 Å². The first-order valence-electron chi connectivity index (χ1n) is 9.23. The summed E-state index contributed by atoms with van der Waals surface area (Å²) in [7, 11) is 1.55. The minimum Gasteiger partial charge on any atom is -0.481 e. The number of hydrogen-bond acceptors (Lipinski definition) is 6. The van der Waals surface area contributed by atoms with Crippen molar-refractivity contribution in [2.45, 2.75) is 32.7 Å². The number of carbonyl (C=O) groups is 2. The Labute approximate surface area is 164 Å². The van der Waals surface area contributed by atoms with E-state index < -0.39 is 11.8 Å². The largest absolute Gasteiger partial charge is 0.481 e. The molecule has 3 N–H and O–H groups in total. The predicted octanol–water partition coefficient (Wildman–Crippen LogP) is 2.31. The Balaban J connectivity index is 1.81. The summed E-state index contributed by atoms with van der Waals surface area (Å²) in [4.78, 5) is 35.3. The molecule has 28 heavy (non-hydrogen) atoms. The number of likely N-dealkylation sites (tertiary alicyclic amines) is 1. The number of nitrogens with two attached hydrogens (primary N) is 1. The molecule has 0 spiro atoms. The monoisotopic (exact) mass is 383 g/mol. The van der Waals surface area contributed by atoms with E-state index in [0.717, 1.165) is 24.0 Å². The second-order valence-electron chi connectivity index (χ2n) is 7.17. The van der Waals surface area contributed by atoms with Crippen LogP contribution in [0.3, 0.4) is 0 Å². The summed E-state index contributed by atoms with van der Waals surface area (Å²) >= 11 is 0. The Morgan fingerprint density at radius 1 is 1.29 bits per heavy atom. The number of nitrogens with one attached hydrogen (secondary N) is 1. The lowest BCUT2D eigenvalue weighted by Crippen LogP contribution is -2.46. The number of hydrogen-bond donors (Lipinski definition) is 2. The highest BCUT2D eigenvalue weighted by molar-refractivity contribution is 6.39. The molecule has 2 aromatic heterocycles. The van der Waals surface area contributed by atoms with Crippen LogP contribution in [0.4, 0.5) is 11.5 Å². The molecule has 0 saturated carbocycles. The smallest absolute Gasteiger partial charge is 0.313 e. The quantitative estimate of drug-likeness (QED) is 0.787. The summed E-state index contributed by atoms with van der Waals surface area (Å²) in [5, 5.41) is 2.63. The van der Waals surface area contributed by atoms with Gasteiger partial charge >= 0.3 is 11.8 Å². The van der Waals surface area contributed by atoms with Crippen LogP contribution in [0.5, 0.6) is 5.88 Å². The molecule has 2 aromatic rings. The number of piperidine rings is 1. The Bertz CT molecular complexity index is 886. The van der Waals surface area contributed by atoms with E-state index in [2.05, 4.69) is 22.2 Å². The summed E-state index contributed by atoms with van der Waals surface area (Å²) in [5.41, 5.74) is 7.79. The minimum atomic E-state index is -0.689. The summed E-state index contributed by atoms with van der Waals surface area (Å²) in [6.45, 7) is 4.38. The summed E-state index contributed by atoms with van der Waals surface area (Å²) in [5.74, 6) is -0.0673. The van der Waals surface area contributed by atoms with Gasteiger partial charge in [0.05, 0.1) is 25.0 Å². The Kier molecular flexibility index (Phi) is 5.77. The van der Waals surface area contributed by atoms with Crippen molar-refractivity contribution in [1.82, 2.24) is 14.9 Å². The molecule has 2 amide bonds. The fourth-order valence-corrected chi connectivity index (χ4v) is 3.44. The Morgan fingerprint density at radius 2 is 2.07 bits per heavy atom. The molecular formula is C20H25N5O3. The van der Waals surface area contributed by atoms with Crippen LogP contribution < -0.4 is 15.8 Å². The van der Waals surface area contributed by atoms with Crippen LogP contribution in [0, 0.1) is 12.8 Å². The molecule has 148 valence electrons. The number of pyridine rings is 2. The van der Waals surface area contributed by atoms with Crippen molar-refractivity contribution in [3.8, 4) is 5.88 Å². The maximum atomic E-state index is 13.0. The van der Waals surface area contributed by atoms with Gasteiger partial charge in [-0.25, -0.2) is 9.97 Å². The third-order valence-electron chi connectivity index (χ3n) is 5.00. The first-order valence-corrected chi connectivity index (χ1v) is 9.23. The van der Waals surface area contributed by atoms with E-state index in [0.29, 0.717) is 29.8 Å². The normalized spacial score (nSPS) is 19.2. The molecule has 8 heteroatoms. The lowest BCUT2D eigenvalue weighted by molar-refractivity contribution is -0.146. The minimum absolute atomic E-state index is 0.197. The van der Waals surface area contributed by atoms with Crippen molar-refractivity contribution in [2.24, 2.45) is 5.92 Å². The summed E-state index contributed by atoms with van der Waals surface area (Å²) in [6, 6.07) is 5.16. The first-order chi connectivity index (χ1) is 13.4. The molecule has 0 radical (unpaired) electrons. The Morgan fingerprint density at radius 3 is 2.79 bits per heavy atom. The van der Waals surface area contributed by atoms with E-state index in [1.54, 1.807) is 31.2 Å². The third kappa shape index (κ3) is 4.21. The maximum Gasteiger partial charge on any atom is 0.313 e. The number of rotatable bonds is 3. The van der Waals surface area contributed by atoms with Gasteiger partial charge in [0.25, 0.3) is 0 Å². The van der Waals surface area contributed by atoms with E-state index in [1.807, 2.05) is 12.1 Å². The zero-order chi connectivity index (χ0) is 20.3. The highest BCUT2D eigenvalue weighted by atomic mass is 16.5. The average molecular weight is 383 g/mol. The van der Waals surface area contributed by atoms with Gasteiger partial charge in [-0.05, 0) is 48.9 Å². The van der Waals surface area contributed by atoms with E-state index in [4.69, 9.17) is 10.5 Å². The van der Waals surface area contributed by atoms with Gasteiger partial charge in [0.1, 0.15) is 5.82 Å². The first kappa shape index (κ1) is 19.6. The average Bonchev–Trinajstić information content (AvgIpc) is 2.70. The second kappa shape index (κ2) is 8.24. The van der Waals surface area contributed by atoms with E-state index in [-0.39, 0.29) is 6.04 Å². The molecule has 0 aromatic carbocycles. The van der Waals surface area contributed by atoms with Crippen LogP contribution in [0.25, 0.3) is 0 Å². The number of methoxy groups -OCH3 is 1. The number of carbonyl (C=O) groups excluding carboxylic acids is 2. The molecule has 3 heterocycles. The van der Waals surface area contributed by atoms with Crippen LogP contribution in [-0.4, -0.2) is 40.3 Å². The van der Waals surface area contributed by atoms with Crippen molar-refractivity contribution in [1.29, 1.82) is 0 Å². The standard InChI is InChI=1S/C20H25N5O3/c1-12-4-5-16(14-6-7-22-17(9-14)28-3)25(11-12)20(27)19(26)24-15-8-13(2)18(21)23-10-15/h6-10,12,16H,4-5,11H2,1-3H3,(H2,21,23)(H,24,26)/t12-,16+/m1/s1. The van der Waals surface area contributed by atoms with Crippen LogP contribution in [0.2, 0.25) is 0 Å². The molecule has 0 unspecified atom stereocenters. The SMILES string of the molecule is COc1cc([C@@H]2CC[C@@H](C)CN2C(=O)C(=O)Nc2cnc(N)c(C)c2)ccn1. The van der Waals surface area contributed by atoms with Crippen molar-refractivity contribution in [3.63, 3.8) is 0 Å². The lowest BCUT2D eigenvalue weighted by Gasteiger charge is -2.38. The van der Waals surface area contributed by atoms with E-state index in [1.165, 1.54) is 6.20 Å². The zero-order valence-electron chi connectivity index (χ0n) is 16.3. The molecule has 1 fully saturated rings. The van der Waals surface area contributed by atoms with Gasteiger partial charge in [-0.2, -0.15) is 0 Å². The molecule has 0 bridgehead atoms. The predicted molar refractivity (Wildman–Crippen MR) is 106 cm³/mol. The van der Waals surface area contributed by atoms with Crippen molar-refractivity contribution < 1.29 is 14.3 Å².